The van der Waals surface area contributed by atoms with Crippen LogP contribution in [0, 0.1) is 0 Å². The van der Waals surface area contributed by atoms with Crippen LogP contribution in [0.3, 0.4) is 0 Å². The Kier molecular flexibility index (Phi) is 5.63. The molecular formula is C22H29NO2Si. The maximum atomic E-state index is 11.5. The van der Waals surface area contributed by atoms with Gasteiger partial charge in [-0.3, -0.25) is 4.79 Å². The Morgan fingerprint density at radius 3 is 1.96 bits per heavy atom. The van der Waals surface area contributed by atoms with Gasteiger partial charge >= 0.3 is 0 Å². The molecule has 3 nitrogen and oxygen atoms in total. The van der Waals surface area contributed by atoms with Crippen LogP contribution in [-0.4, -0.2) is 26.9 Å². The molecule has 1 fully saturated rings. The van der Waals surface area contributed by atoms with Gasteiger partial charge in [0.1, 0.15) is 0 Å². The zero-order valence-corrected chi connectivity index (χ0v) is 17.0. The van der Waals surface area contributed by atoms with E-state index >= 15 is 0 Å². The van der Waals surface area contributed by atoms with Crippen LogP contribution in [-0.2, 0) is 9.22 Å². The van der Waals surface area contributed by atoms with Gasteiger partial charge in [0.15, 0.2) is 0 Å². The Balaban J connectivity index is 1.93. The Bertz CT molecular complexity index is 685. The zero-order valence-electron chi connectivity index (χ0n) is 16.0. The van der Waals surface area contributed by atoms with E-state index in [9.17, 15) is 4.79 Å². The molecular weight excluding hydrogens is 338 g/mol. The Labute approximate surface area is 157 Å². The number of carbonyl (C=O) groups excluding carboxylic acids is 1. The molecule has 2 aromatic carbocycles. The van der Waals surface area contributed by atoms with Gasteiger partial charge in [-0.15, -0.1) is 0 Å². The summed E-state index contributed by atoms with van der Waals surface area (Å²) in [6.07, 6.45) is 2.43. The van der Waals surface area contributed by atoms with Crippen LogP contribution in [0.25, 0.3) is 0 Å². The van der Waals surface area contributed by atoms with Crippen LogP contribution in [0.4, 0.5) is 0 Å². The molecule has 1 atom stereocenters. The number of rotatable bonds is 6. The molecule has 2 aromatic rings. The molecule has 1 amide bonds. The lowest BCUT2D eigenvalue weighted by molar-refractivity contribution is -0.119. The molecule has 0 unspecified atom stereocenters. The number of benzene rings is 2. The predicted molar refractivity (Wildman–Crippen MR) is 109 cm³/mol. The first-order valence-electron chi connectivity index (χ1n) is 9.48. The molecule has 0 saturated carbocycles. The molecule has 138 valence electrons. The second-order valence-electron chi connectivity index (χ2n) is 8.10. The van der Waals surface area contributed by atoms with Crippen molar-refractivity contribution >= 4 is 24.6 Å². The number of hydrogen-bond donors (Lipinski definition) is 1. The van der Waals surface area contributed by atoms with Gasteiger partial charge in [0.05, 0.1) is 0 Å². The van der Waals surface area contributed by atoms with Gasteiger partial charge in [0.2, 0.25) is 5.91 Å². The quantitative estimate of drug-likeness (QED) is 0.796. The largest absolute Gasteiger partial charge is 0.407 e. The minimum Gasteiger partial charge on any atom is -0.407 e. The molecule has 0 radical (unpaired) electrons. The molecule has 0 aliphatic carbocycles. The van der Waals surface area contributed by atoms with Crippen molar-refractivity contribution in [3.63, 3.8) is 0 Å². The number of nitrogens with one attached hydrogen (secondary N) is 1. The molecule has 26 heavy (non-hydrogen) atoms. The van der Waals surface area contributed by atoms with E-state index < -0.39 is 8.32 Å². The standard InChI is InChI=1S/C22H29NO2Si/c1-22(2,3)26(19-10-6-4-7-11-19,20-12-8-5-9-13-20)25-17-16-18-14-15-21(24)23-18/h4-13,18H,14-17H2,1-3H3,(H,23,24)/t18-/m0/s1. The molecule has 0 spiro atoms. The summed E-state index contributed by atoms with van der Waals surface area (Å²) in [6.45, 7) is 7.53. The van der Waals surface area contributed by atoms with E-state index in [-0.39, 0.29) is 17.0 Å². The number of amides is 1. The minimum absolute atomic E-state index is 0.00533. The lowest BCUT2D eigenvalue weighted by atomic mass is 10.2. The molecule has 0 aromatic heterocycles. The Morgan fingerprint density at radius 2 is 1.54 bits per heavy atom. The highest BCUT2D eigenvalue weighted by atomic mass is 28.4. The van der Waals surface area contributed by atoms with Crippen LogP contribution in [0.5, 0.6) is 0 Å². The first kappa shape index (κ1) is 18.9. The maximum Gasteiger partial charge on any atom is 0.261 e. The van der Waals surface area contributed by atoms with E-state index in [1.54, 1.807) is 0 Å². The molecule has 1 heterocycles. The molecule has 1 aliphatic heterocycles. The van der Waals surface area contributed by atoms with E-state index in [4.69, 9.17) is 4.43 Å². The van der Waals surface area contributed by atoms with Gasteiger partial charge < -0.3 is 9.74 Å². The van der Waals surface area contributed by atoms with Crippen molar-refractivity contribution in [1.82, 2.24) is 5.32 Å². The van der Waals surface area contributed by atoms with Gasteiger partial charge in [-0.05, 0) is 28.3 Å². The number of carbonyl (C=O) groups is 1. The average molecular weight is 368 g/mol. The summed E-state index contributed by atoms with van der Waals surface area (Å²) < 4.78 is 6.85. The fourth-order valence-electron chi connectivity index (χ4n) is 4.01. The molecule has 4 heteroatoms. The van der Waals surface area contributed by atoms with Crippen molar-refractivity contribution < 1.29 is 9.22 Å². The van der Waals surface area contributed by atoms with E-state index in [1.807, 2.05) is 0 Å². The third-order valence-electron chi connectivity index (χ3n) is 5.29. The first-order valence-corrected chi connectivity index (χ1v) is 11.4. The summed E-state index contributed by atoms with van der Waals surface area (Å²) >= 11 is 0. The molecule has 0 bridgehead atoms. The topological polar surface area (TPSA) is 38.3 Å². The fourth-order valence-corrected chi connectivity index (χ4v) is 8.59. The third-order valence-corrected chi connectivity index (χ3v) is 10.3. The molecule has 1 aliphatic rings. The van der Waals surface area contributed by atoms with Gasteiger partial charge in [0, 0.05) is 19.1 Å². The maximum absolute atomic E-state index is 11.5. The molecule has 3 rings (SSSR count). The monoisotopic (exact) mass is 367 g/mol. The fraction of sp³-hybridized carbons (Fsp3) is 0.409. The Morgan fingerprint density at radius 1 is 1.00 bits per heavy atom. The van der Waals surface area contributed by atoms with E-state index in [2.05, 4.69) is 86.8 Å². The van der Waals surface area contributed by atoms with Crippen molar-refractivity contribution in [3.05, 3.63) is 60.7 Å². The van der Waals surface area contributed by atoms with E-state index in [0.717, 1.165) is 12.8 Å². The third kappa shape index (κ3) is 3.76. The van der Waals surface area contributed by atoms with Crippen molar-refractivity contribution in [1.29, 1.82) is 0 Å². The van der Waals surface area contributed by atoms with Gasteiger partial charge in [0.25, 0.3) is 8.32 Å². The van der Waals surface area contributed by atoms with E-state index in [1.165, 1.54) is 10.4 Å². The van der Waals surface area contributed by atoms with Crippen LogP contribution in [0.1, 0.15) is 40.0 Å². The normalized spacial score (nSPS) is 18.0. The molecule has 1 N–H and O–H groups in total. The van der Waals surface area contributed by atoms with Gasteiger partial charge in [-0.2, -0.15) is 0 Å². The van der Waals surface area contributed by atoms with Crippen molar-refractivity contribution in [3.8, 4) is 0 Å². The second kappa shape index (κ2) is 7.76. The summed E-state index contributed by atoms with van der Waals surface area (Å²) in [6, 6.07) is 21.6. The van der Waals surface area contributed by atoms with Crippen LogP contribution < -0.4 is 15.7 Å². The highest BCUT2D eigenvalue weighted by Gasteiger charge is 2.50. The highest BCUT2D eigenvalue weighted by molar-refractivity contribution is 6.99. The summed E-state index contributed by atoms with van der Waals surface area (Å²) in [5, 5.41) is 5.65. The van der Waals surface area contributed by atoms with Crippen molar-refractivity contribution in [2.75, 3.05) is 6.61 Å². The van der Waals surface area contributed by atoms with Crippen molar-refractivity contribution in [2.45, 2.75) is 51.1 Å². The summed E-state index contributed by atoms with van der Waals surface area (Å²) in [7, 11) is -2.45. The zero-order chi connectivity index (χ0) is 18.6. The minimum atomic E-state index is -2.45. The smallest absolute Gasteiger partial charge is 0.261 e. The van der Waals surface area contributed by atoms with Gasteiger partial charge in [-0.1, -0.05) is 81.4 Å². The first-order chi connectivity index (χ1) is 12.4. The second-order valence-corrected chi connectivity index (χ2v) is 12.4. The molecule has 1 saturated heterocycles. The SMILES string of the molecule is CC(C)(C)[Si](OCC[C@@H]1CCC(=O)N1)(c1ccccc1)c1ccccc1. The lowest BCUT2D eigenvalue weighted by Crippen LogP contribution is -2.66. The Hall–Kier alpha value is -1.91. The van der Waals surface area contributed by atoms with Crippen molar-refractivity contribution in [2.24, 2.45) is 0 Å². The highest BCUT2D eigenvalue weighted by Crippen LogP contribution is 2.36. The number of hydrogen-bond acceptors (Lipinski definition) is 2. The predicted octanol–water partition coefficient (Wildman–Crippen LogP) is 3.23. The summed E-state index contributed by atoms with van der Waals surface area (Å²) in [5.41, 5.74) is 0. The van der Waals surface area contributed by atoms with Crippen LogP contribution in [0.2, 0.25) is 5.04 Å². The lowest BCUT2D eigenvalue weighted by Gasteiger charge is -2.43. The van der Waals surface area contributed by atoms with E-state index in [0.29, 0.717) is 13.0 Å². The van der Waals surface area contributed by atoms with Crippen LogP contribution >= 0.6 is 0 Å². The average Bonchev–Trinajstić information content (AvgIpc) is 3.04. The summed E-state index contributed by atoms with van der Waals surface area (Å²) in [4.78, 5) is 11.5. The van der Waals surface area contributed by atoms with Gasteiger partial charge in [-0.25, -0.2) is 0 Å². The van der Waals surface area contributed by atoms with Crippen LogP contribution in [0.15, 0.2) is 60.7 Å². The summed E-state index contributed by atoms with van der Waals surface area (Å²) in [5.74, 6) is 0.167.